The number of non-ortho nitro benzene ring substituents is 1. The fraction of sp³-hybridized carbons (Fsp3) is 0.571. The van der Waals surface area contributed by atoms with E-state index >= 15 is 0 Å². The summed E-state index contributed by atoms with van der Waals surface area (Å²) in [4.78, 5) is 9.96. The Kier molecular flexibility index (Phi) is 7.01. The molecule has 1 aliphatic carbocycles. The van der Waals surface area contributed by atoms with Crippen molar-refractivity contribution >= 4 is 5.69 Å². The summed E-state index contributed by atoms with van der Waals surface area (Å²) in [7, 11) is 0. The van der Waals surface area contributed by atoms with E-state index in [-0.39, 0.29) is 11.3 Å². The lowest BCUT2D eigenvalue weighted by atomic mass is 10.3. The molecule has 4 nitrogen and oxygen atoms in total. The minimum atomic E-state index is -0.414. The van der Waals surface area contributed by atoms with Crippen LogP contribution in [0.4, 0.5) is 5.69 Å². The summed E-state index contributed by atoms with van der Waals surface area (Å²) in [6, 6.07) is 6.20. The van der Waals surface area contributed by atoms with Crippen LogP contribution in [0.3, 0.4) is 0 Å². The van der Waals surface area contributed by atoms with Crippen LogP contribution in [0.1, 0.15) is 47.5 Å². The summed E-state index contributed by atoms with van der Waals surface area (Å²) < 4.78 is 5.62. The van der Waals surface area contributed by atoms with Gasteiger partial charge in [0.25, 0.3) is 5.69 Å². The number of nitro benzene ring substituents is 1. The Morgan fingerprint density at radius 2 is 1.56 bits per heavy atom. The Morgan fingerprint density at radius 1 is 1.11 bits per heavy atom. The number of rotatable bonds is 3. The van der Waals surface area contributed by atoms with Crippen LogP contribution >= 0.6 is 0 Å². The van der Waals surface area contributed by atoms with Gasteiger partial charge in [0, 0.05) is 12.1 Å². The highest BCUT2D eigenvalue weighted by atomic mass is 16.6. The first kappa shape index (κ1) is 16.4. The molecule has 1 aromatic rings. The molecule has 1 aliphatic rings. The number of nitro groups is 1. The van der Waals surface area contributed by atoms with Crippen molar-refractivity contribution in [2.45, 2.75) is 53.1 Å². The molecular weight excluding hydrogens is 230 g/mol. The molecule has 0 heterocycles. The van der Waals surface area contributed by atoms with Crippen molar-refractivity contribution in [1.29, 1.82) is 0 Å². The van der Waals surface area contributed by atoms with E-state index in [0.717, 1.165) is 12.8 Å². The van der Waals surface area contributed by atoms with E-state index in [1.54, 1.807) is 12.1 Å². The molecule has 1 saturated carbocycles. The van der Waals surface area contributed by atoms with Crippen LogP contribution in [0, 0.1) is 10.1 Å². The number of hydrogen-bond donors (Lipinski definition) is 0. The molecule has 0 atom stereocenters. The first-order chi connectivity index (χ1) is 8.59. The van der Waals surface area contributed by atoms with Gasteiger partial charge in [0.15, 0.2) is 0 Å². The average Bonchev–Trinajstić information content (AvgIpc) is 3.12. The molecule has 0 bridgehead atoms. The summed E-state index contributed by atoms with van der Waals surface area (Å²) in [6.07, 6.45) is 2.12. The van der Waals surface area contributed by atoms with Crippen LogP contribution in [-0.2, 0) is 0 Å². The van der Waals surface area contributed by atoms with Crippen molar-refractivity contribution in [1.82, 2.24) is 0 Å². The smallest absolute Gasteiger partial charge is 0.269 e. The Bertz CT molecular complexity index is 356. The van der Waals surface area contributed by atoms with Gasteiger partial charge in [0.2, 0.25) is 0 Å². The summed E-state index contributed by atoms with van der Waals surface area (Å²) in [5, 5.41) is 10.4. The number of hydrogen-bond acceptors (Lipinski definition) is 3. The molecule has 0 aliphatic heterocycles. The van der Waals surface area contributed by atoms with Gasteiger partial charge in [-0.15, -0.1) is 0 Å². The Hall–Kier alpha value is -1.58. The fourth-order valence-corrected chi connectivity index (χ4v) is 1.20. The summed E-state index contributed by atoms with van der Waals surface area (Å²) in [5.41, 5.74) is 0.0640. The Balaban J connectivity index is 0.000000659. The molecule has 1 fully saturated rings. The molecule has 1 aromatic carbocycles. The highest BCUT2D eigenvalue weighted by Gasteiger charge is 2.40. The van der Waals surface area contributed by atoms with Gasteiger partial charge in [-0.2, -0.15) is 0 Å². The van der Waals surface area contributed by atoms with Crippen molar-refractivity contribution in [3.63, 3.8) is 0 Å². The zero-order valence-corrected chi connectivity index (χ0v) is 11.9. The predicted octanol–water partition coefficient (Wildman–Crippen LogP) is 4.58. The number of ether oxygens (including phenoxy) is 1. The molecule has 0 saturated heterocycles. The van der Waals surface area contributed by atoms with Crippen molar-refractivity contribution in [2.24, 2.45) is 0 Å². The zero-order valence-electron chi connectivity index (χ0n) is 11.9. The van der Waals surface area contributed by atoms with E-state index in [1.807, 2.05) is 34.6 Å². The monoisotopic (exact) mass is 253 g/mol. The number of nitrogens with zero attached hydrogens (tertiary/aromatic N) is 1. The van der Waals surface area contributed by atoms with Gasteiger partial charge in [-0.05, 0) is 31.9 Å². The van der Waals surface area contributed by atoms with Gasteiger partial charge in [0.1, 0.15) is 11.4 Å². The molecular formula is C14H23NO3. The fourth-order valence-electron chi connectivity index (χ4n) is 1.20. The third kappa shape index (κ3) is 5.17. The van der Waals surface area contributed by atoms with Crippen LogP contribution in [0.15, 0.2) is 24.3 Å². The van der Waals surface area contributed by atoms with Gasteiger partial charge in [-0.25, -0.2) is 0 Å². The molecule has 0 radical (unpaired) electrons. The second-order valence-electron chi connectivity index (χ2n) is 3.80. The van der Waals surface area contributed by atoms with Gasteiger partial charge < -0.3 is 4.74 Å². The lowest BCUT2D eigenvalue weighted by molar-refractivity contribution is -0.384. The molecule has 0 amide bonds. The Labute approximate surface area is 109 Å². The first-order valence-electron chi connectivity index (χ1n) is 6.53. The Morgan fingerprint density at radius 3 is 1.89 bits per heavy atom. The van der Waals surface area contributed by atoms with E-state index in [2.05, 4.69) is 0 Å². The van der Waals surface area contributed by atoms with Crippen LogP contribution < -0.4 is 4.74 Å². The van der Waals surface area contributed by atoms with Crippen LogP contribution in [0.2, 0.25) is 0 Å². The van der Waals surface area contributed by atoms with Crippen molar-refractivity contribution in [3.05, 3.63) is 34.4 Å². The first-order valence-corrected chi connectivity index (χ1v) is 6.53. The highest BCUT2D eigenvalue weighted by molar-refractivity contribution is 5.36. The van der Waals surface area contributed by atoms with Crippen LogP contribution in [0.5, 0.6) is 5.75 Å². The molecule has 102 valence electrons. The summed E-state index contributed by atoms with van der Waals surface area (Å²) >= 11 is 0. The predicted molar refractivity (Wildman–Crippen MR) is 74.1 cm³/mol. The zero-order chi connectivity index (χ0) is 14.2. The second-order valence-corrected chi connectivity index (χ2v) is 3.80. The quantitative estimate of drug-likeness (QED) is 0.585. The largest absolute Gasteiger partial charge is 0.488 e. The van der Waals surface area contributed by atoms with E-state index in [1.165, 1.54) is 12.1 Å². The third-order valence-corrected chi connectivity index (χ3v) is 2.37. The molecule has 0 spiro atoms. The van der Waals surface area contributed by atoms with E-state index < -0.39 is 4.92 Å². The number of benzene rings is 1. The van der Waals surface area contributed by atoms with E-state index in [4.69, 9.17) is 4.74 Å². The minimum absolute atomic E-state index is 0.0316. The standard InChI is InChI=1S/C10H11NO3.2C2H6/c1-10(6-7-10)14-9-4-2-8(3-5-9)11(12)13;2*1-2/h2-5H,6-7H2,1H3;2*1-2H3. The third-order valence-electron chi connectivity index (χ3n) is 2.37. The lowest BCUT2D eigenvalue weighted by Gasteiger charge is -2.11. The summed E-state index contributed by atoms with van der Waals surface area (Å²) in [6.45, 7) is 10.0. The van der Waals surface area contributed by atoms with E-state index in [0.29, 0.717) is 5.75 Å². The molecule has 0 unspecified atom stereocenters. The SMILES string of the molecule is CC.CC.CC1(Oc2ccc([N+](=O)[O-])cc2)CC1. The van der Waals surface area contributed by atoms with Crippen molar-refractivity contribution < 1.29 is 9.66 Å². The van der Waals surface area contributed by atoms with Crippen LogP contribution in [-0.4, -0.2) is 10.5 Å². The maximum absolute atomic E-state index is 10.4. The molecule has 0 N–H and O–H groups in total. The van der Waals surface area contributed by atoms with Crippen molar-refractivity contribution in [2.75, 3.05) is 0 Å². The molecule has 4 heteroatoms. The maximum Gasteiger partial charge on any atom is 0.269 e. The highest BCUT2D eigenvalue weighted by Crippen LogP contribution is 2.39. The van der Waals surface area contributed by atoms with E-state index in [9.17, 15) is 10.1 Å². The van der Waals surface area contributed by atoms with Gasteiger partial charge in [-0.1, -0.05) is 27.7 Å². The normalized spacial score (nSPS) is 14.3. The molecule has 0 aromatic heterocycles. The average molecular weight is 253 g/mol. The van der Waals surface area contributed by atoms with Gasteiger partial charge in [0.05, 0.1) is 4.92 Å². The van der Waals surface area contributed by atoms with Gasteiger partial charge in [-0.3, -0.25) is 10.1 Å². The summed E-state index contributed by atoms with van der Waals surface area (Å²) in [5.74, 6) is 0.704. The van der Waals surface area contributed by atoms with Crippen LogP contribution in [0.25, 0.3) is 0 Å². The lowest BCUT2D eigenvalue weighted by Crippen LogP contribution is -2.11. The molecule has 18 heavy (non-hydrogen) atoms. The van der Waals surface area contributed by atoms with Gasteiger partial charge >= 0.3 is 0 Å². The second kappa shape index (κ2) is 7.69. The minimum Gasteiger partial charge on any atom is -0.488 e. The van der Waals surface area contributed by atoms with Crippen molar-refractivity contribution in [3.8, 4) is 5.75 Å². The molecule has 2 rings (SSSR count). The topological polar surface area (TPSA) is 52.4 Å². The maximum atomic E-state index is 10.4.